The summed E-state index contributed by atoms with van der Waals surface area (Å²) < 4.78 is 27.1. The lowest BCUT2D eigenvalue weighted by molar-refractivity contribution is -0.145. The first-order valence-electron chi connectivity index (χ1n) is 9.06. The number of methoxy groups -OCH3 is 2. The van der Waals surface area contributed by atoms with Gasteiger partial charge in [-0.15, -0.1) is 0 Å². The Hall–Kier alpha value is -3.48. The van der Waals surface area contributed by atoms with Gasteiger partial charge < -0.3 is 23.4 Å². The molecular weight excluding hydrogens is 376 g/mol. The van der Waals surface area contributed by atoms with Crippen molar-refractivity contribution in [1.82, 2.24) is 0 Å². The van der Waals surface area contributed by atoms with Gasteiger partial charge >= 0.3 is 5.97 Å². The van der Waals surface area contributed by atoms with Gasteiger partial charge in [0.25, 0.3) is 0 Å². The summed E-state index contributed by atoms with van der Waals surface area (Å²) in [6.07, 6.45) is 0. The molecule has 0 fully saturated rings. The number of carbonyl (C=O) groups is 1. The van der Waals surface area contributed by atoms with Gasteiger partial charge in [0, 0.05) is 5.56 Å². The fraction of sp³-hybridized carbons (Fsp3) is 0.273. The monoisotopic (exact) mass is 398 g/mol. The van der Waals surface area contributed by atoms with Crippen LogP contribution in [0, 0.1) is 6.92 Å². The van der Waals surface area contributed by atoms with Gasteiger partial charge in [0.2, 0.25) is 11.2 Å². The van der Waals surface area contributed by atoms with E-state index in [2.05, 4.69) is 0 Å². The molecule has 0 spiro atoms. The summed E-state index contributed by atoms with van der Waals surface area (Å²) in [6, 6.07) is 10.4. The second-order valence-corrected chi connectivity index (χ2v) is 6.25. The number of carbonyl (C=O) groups excluding carboxylic acids is 1. The minimum atomic E-state index is -0.575. The van der Waals surface area contributed by atoms with Crippen molar-refractivity contribution in [3.05, 3.63) is 52.2 Å². The van der Waals surface area contributed by atoms with Gasteiger partial charge in [-0.3, -0.25) is 4.79 Å². The van der Waals surface area contributed by atoms with E-state index in [1.54, 1.807) is 37.3 Å². The Labute approximate surface area is 167 Å². The fourth-order valence-corrected chi connectivity index (χ4v) is 2.92. The maximum absolute atomic E-state index is 13.1. The molecule has 0 aliphatic carbocycles. The highest BCUT2D eigenvalue weighted by molar-refractivity contribution is 5.83. The zero-order valence-corrected chi connectivity index (χ0v) is 16.7. The van der Waals surface area contributed by atoms with E-state index in [0.717, 1.165) is 5.56 Å². The molecular formula is C22H22O7. The van der Waals surface area contributed by atoms with Crippen LogP contribution in [0.25, 0.3) is 22.3 Å². The van der Waals surface area contributed by atoms with Gasteiger partial charge in [-0.25, -0.2) is 4.79 Å². The molecule has 0 aliphatic rings. The van der Waals surface area contributed by atoms with Crippen molar-refractivity contribution < 1.29 is 28.2 Å². The number of hydrogen-bond donors (Lipinski definition) is 0. The highest BCUT2D eigenvalue weighted by atomic mass is 16.6. The summed E-state index contributed by atoms with van der Waals surface area (Å²) >= 11 is 0. The predicted molar refractivity (Wildman–Crippen MR) is 108 cm³/mol. The van der Waals surface area contributed by atoms with Crippen LogP contribution in [0.4, 0.5) is 0 Å². The van der Waals surface area contributed by atoms with Crippen LogP contribution in [0.1, 0.15) is 12.5 Å². The van der Waals surface area contributed by atoms with E-state index in [4.69, 9.17) is 23.4 Å². The van der Waals surface area contributed by atoms with Crippen LogP contribution in [0.3, 0.4) is 0 Å². The molecule has 2 aromatic carbocycles. The van der Waals surface area contributed by atoms with Gasteiger partial charge in [-0.2, -0.15) is 0 Å². The van der Waals surface area contributed by atoms with Crippen LogP contribution in [-0.2, 0) is 9.53 Å². The molecule has 0 bridgehead atoms. The number of aryl methyl sites for hydroxylation is 1. The molecule has 1 heterocycles. The standard InChI is InChI=1S/C22H22O7/c1-5-27-19(23)12-28-22-20(24)15-8-6-13(2)10-17(15)29-21(22)14-7-9-16(25-3)18(11-14)26-4/h6-11H,5,12H2,1-4H3. The lowest BCUT2D eigenvalue weighted by atomic mass is 10.1. The van der Waals surface area contributed by atoms with E-state index in [-0.39, 0.29) is 23.5 Å². The summed E-state index contributed by atoms with van der Waals surface area (Å²) in [7, 11) is 3.05. The Kier molecular flexibility index (Phi) is 6.07. The quantitative estimate of drug-likeness (QED) is 0.561. The van der Waals surface area contributed by atoms with Crippen molar-refractivity contribution in [2.75, 3.05) is 27.4 Å². The molecule has 29 heavy (non-hydrogen) atoms. The molecule has 1 aromatic heterocycles. The third-order valence-corrected chi connectivity index (χ3v) is 4.29. The molecule has 3 rings (SSSR count). The van der Waals surface area contributed by atoms with Crippen LogP contribution in [0.5, 0.6) is 17.2 Å². The van der Waals surface area contributed by atoms with Crippen molar-refractivity contribution in [3.8, 4) is 28.6 Å². The van der Waals surface area contributed by atoms with E-state index in [1.165, 1.54) is 14.2 Å². The van der Waals surface area contributed by atoms with E-state index in [1.807, 2.05) is 13.0 Å². The second-order valence-electron chi connectivity index (χ2n) is 6.25. The van der Waals surface area contributed by atoms with E-state index in [0.29, 0.717) is 28.0 Å². The Morgan fingerprint density at radius 2 is 1.79 bits per heavy atom. The SMILES string of the molecule is CCOC(=O)COc1c(-c2ccc(OC)c(OC)c2)oc2cc(C)ccc2c1=O. The minimum absolute atomic E-state index is 0.0679. The molecule has 0 atom stereocenters. The lowest BCUT2D eigenvalue weighted by Crippen LogP contribution is -2.18. The van der Waals surface area contributed by atoms with Crippen LogP contribution in [0.15, 0.2) is 45.6 Å². The number of fused-ring (bicyclic) bond motifs is 1. The zero-order valence-electron chi connectivity index (χ0n) is 16.7. The molecule has 0 saturated carbocycles. The summed E-state index contributed by atoms with van der Waals surface area (Å²) in [5.74, 6) is 0.548. The maximum atomic E-state index is 13.1. The van der Waals surface area contributed by atoms with Crippen LogP contribution in [-0.4, -0.2) is 33.4 Å². The summed E-state index contributed by atoms with van der Waals surface area (Å²) in [5.41, 5.74) is 1.53. The highest BCUT2D eigenvalue weighted by Gasteiger charge is 2.20. The smallest absolute Gasteiger partial charge is 0.344 e. The molecule has 0 saturated heterocycles. The van der Waals surface area contributed by atoms with Gasteiger partial charge in [0.05, 0.1) is 26.2 Å². The molecule has 0 aliphatic heterocycles. The Balaban J connectivity index is 2.18. The minimum Gasteiger partial charge on any atom is -0.493 e. The zero-order chi connectivity index (χ0) is 21.0. The van der Waals surface area contributed by atoms with Gasteiger partial charge in [0.15, 0.2) is 23.9 Å². The average Bonchev–Trinajstić information content (AvgIpc) is 2.72. The fourth-order valence-electron chi connectivity index (χ4n) is 2.92. The Morgan fingerprint density at radius 3 is 2.48 bits per heavy atom. The summed E-state index contributed by atoms with van der Waals surface area (Å²) in [5, 5.41) is 0.360. The molecule has 0 unspecified atom stereocenters. The number of benzene rings is 2. The number of hydrogen-bond acceptors (Lipinski definition) is 7. The largest absolute Gasteiger partial charge is 0.493 e. The summed E-state index contributed by atoms with van der Waals surface area (Å²) in [6.45, 7) is 3.41. The topological polar surface area (TPSA) is 84.2 Å². The molecule has 0 radical (unpaired) electrons. The molecule has 7 heteroatoms. The molecule has 3 aromatic rings. The predicted octanol–water partition coefficient (Wildman–Crippen LogP) is 3.73. The number of esters is 1. The molecule has 0 amide bonds. The van der Waals surface area contributed by atoms with Crippen molar-refractivity contribution in [3.63, 3.8) is 0 Å². The number of rotatable bonds is 7. The van der Waals surface area contributed by atoms with Crippen LogP contribution >= 0.6 is 0 Å². The van der Waals surface area contributed by atoms with Gasteiger partial charge in [0.1, 0.15) is 5.58 Å². The Morgan fingerprint density at radius 1 is 1.03 bits per heavy atom. The first-order chi connectivity index (χ1) is 14.0. The van der Waals surface area contributed by atoms with Gasteiger partial charge in [-0.05, 0) is 49.7 Å². The normalized spacial score (nSPS) is 10.6. The highest BCUT2D eigenvalue weighted by Crippen LogP contribution is 2.36. The second kappa shape index (κ2) is 8.68. The van der Waals surface area contributed by atoms with Crippen LogP contribution in [0.2, 0.25) is 0 Å². The van der Waals surface area contributed by atoms with Crippen LogP contribution < -0.4 is 19.6 Å². The van der Waals surface area contributed by atoms with E-state index >= 15 is 0 Å². The molecule has 152 valence electrons. The first kappa shape index (κ1) is 20.3. The third-order valence-electron chi connectivity index (χ3n) is 4.29. The Bertz CT molecular complexity index is 1100. The van der Waals surface area contributed by atoms with Crippen molar-refractivity contribution >= 4 is 16.9 Å². The maximum Gasteiger partial charge on any atom is 0.344 e. The number of ether oxygens (including phenoxy) is 4. The van der Waals surface area contributed by atoms with Crippen molar-refractivity contribution in [2.45, 2.75) is 13.8 Å². The summed E-state index contributed by atoms with van der Waals surface area (Å²) in [4.78, 5) is 24.8. The lowest BCUT2D eigenvalue weighted by Gasteiger charge is -2.13. The molecule has 0 N–H and O–H groups in total. The average molecular weight is 398 g/mol. The van der Waals surface area contributed by atoms with Gasteiger partial charge in [-0.1, -0.05) is 6.07 Å². The third kappa shape index (κ3) is 4.18. The van der Waals surface area contributed by atoms with E-state index in [9.17, 15) is 9.59 Å². The van der Waals surface area contributed by atoms with E-state index < -0.39 is 12.6 Å². The van der Waals surface area contributed by atoms with Crippen molar-refractivity contribution in [2.24, 2.45) is 0 Å². The molecule has 7 nitrogen and oxygen atoms in total. The first-order valence-corrected chi connectivity index (χ1v) is 9.06. The van der Waals surface area contributed by atoms with Crippen molar-refractivity contribution in [1.29, 1.82) is 0 Å².